The molecule has 15 fully saturated rings. The SMILES string of the molecule is CC1(C)[C@H]2CC[C@@H](CCN3[C@@H]4CCC[C@H]3CC(N3C(=O)C(=O)Cc5ccccc53)C4)[C@@H]1C2.CC1(C)[C@H]2CC[C@@H](CCN3[C@@H]4CCC[C@H]3CC(n3c(=O)c(Cl)nc5ccccc53)C4)[C@@H]1C2.CCOP(=O)(OCC)c1nc2ccccc2n(C2C[C@H]3CCC[C@@H](C2)N3CC[C@@H]2CC[C@H]3C[C@@H]2C3(C)C)c1=O.CCOP(OCC)OCC.O=S(Cl)Cl.[U].[U]. The number of nitrogens with zero attached hydrogens (tertiary/aromatic N) is 8. The first-order chi connectivity index (χ1) is 56.2. The monoisotopic (exact) mass is 2200 g/mol. The number of halogens is 3. The summed E-state index contributed by atoms with van der Waals surface area (Å²) in [6, 6.07) is 27.5. The van der Waals surface area contributed by atoms with Crippen molar-refractivity contribution < 1.29 is 103 Å². The molecule has 3 unspecified atom stereocenters. The largest absolute Gasteiger partial charge is 0.385 e. The van der Waals surface area contributed by atoms with Crippen molar-refractivity contribution in [1.82, 2.24) is 33.8 Å². The fourth-order valence-corrected chi connectivity index (χ4v) is 28.4. The third-order valence-electron chi connectivity index (χ3n) is 31.8. The van der Waals surface area contributed by atoms with Crippen LogP contribution in [0.1, 0.15) is 267 Å². The molecule has 1 amide bonds. The van der Waals surface area contributed by atoms with Gasteiger partial charge in [0.25, 0.3) is 17.0 Å². The molecule has 18 atom stereocenters. The molecule has 0 radical (unpaired) electrons. The first-order valence-electron chi connectivity index (χ1n) is 45.4. The Labute approximate surface area is 774 Å². The summed E-state index contributed by atoms with van der Waals surface area (Å²) in [5, 5.41) is 0.106. The zero-order valence-electron chi connectivity index (χ0n) is 72.8. The summed E-state index contributed by atoms with van der Waals surface area (Å²) in [5.74, 6) is 7.87. The number of rotatable bonds is 23. The molecule has 654 valence electrons. The van der Waals surface area contributed by atoms with Gasteiger partial charge in [-0.15, -0.1) is 0 Å². The number of Topliss-reactive ketones (excluding diaryl/α,β-unsaturated/α-hetero) is 1. The molecule has 0 spiro atoms. The molecule has 21 rings (SSSR count). The Morgan fingerprint density at radius 1 is 0.462 bits per heavy atom. The van der Waals surface area contributed by atoms with Gasteiger partial charge < -0.3 is 36.7 Å². The van der Waals surface area contributed by atoms with Crippen LogP contribution in [0, 0.1) is 132 Å². The molecule has 9 saturated carbocycles. The Bertz CT molecular complexity index is 4400. The van der Waals surface area contributed by atoms with Crippen molar-refractivity contribution in [2.45, 2.75) is 310 Å². The molecule has 9 aliphatic carbocycles. The van der Waals surface area contributed by atoms with Gasteiger partial charge in [-0.25, -0.2) is 14.2 Å². The second-order valence-corrected chi connectivity index (χ2v) is 44.4. The van der Waals surface area contributed by atoms with Crippen LogP contribution < -0.4 is 21.5 Å². The zero-order valence-corrected chi connectivity index (χ0v) is 86.0. The number of carbonyl (C=O) groups excluding carboxylic acids is 2. The van der Waals surface area contributed by atoms with Crippen LogP contribution in [0.25, 0.3) is 22.1 Å². The Kier molecular flexibility index (Phi) is 34.4. The Morgan fingerprint density at radius 2 is 0.815 bits per heavy atom. The zero-order chi connectivity index (χ0) is 82.8. The average Bonchev–Trinajstić information content (AvgIpc) is 0.742. The maximum atomic E-state index is 14.1. The van der Waals surface area contributed by atoms with Gasteiger partial charge in [-0.3, -0.25) is 38.4 Å². The first-order valence-corrected chi connectivity index (χ1v) is 51.2. The second kappa shape index (κ2) is 42.4. The summed E-state index contributed by atoms with van der Waals surface area (Å²) in [4.78, 5) is 71.9. The number of benzene rings is 3. The van der Waals surface area contributed by atoms with E-state index in [1.54, 1.807) is 13.8 Å². The molecule has 2 aromatic heterocycles. The van der Waals surface area contributed by atoms with Gasteiger partial charge in [0.15, 0.2) is 5.15 Å². The van der Waals surface area contributed by atoms with Crippen LogP contribution >= 0.6 is 49.2 Å². The first kappa shape index (κ1) is 96.6. The van der Waals surface area contributed by atoms with Gasteiger partial charge in [-0.2, -0.15) is 0 Å². The van der Waals surface area contributed by atoms with Crippen LogP contribution in [0.5, 0.6) is 0 Å². The van der Waals surface area contributed by atoms with Crippen LogP contribution in [0.4, 0.5) is 5.69 Å². The van der Waals surface area contributed by atoms with Gasteiger partial charge in [0.2, 0.25) is 20.4 Å². The molecule has 12 bridgehead atoms. The second-order valence-electron chi connectivity index (χ2n) is 38.3. The minimum absolute atomic E-state index is 0. The van der Waals surface area contributed by atoms with Crippen LogP contribution in [0.3, 0.4) is 0 Å². The van der Waals surface area contributed by atoms with Gasteiger partial charge in [0.05, 0.1) is 55.1 Å². The van der Waals surface area contributed by atoms with Gasteiger partial charge in [-0.1, -0.05) is 115 Å². The Balaban J connectivity index is 0.000000151. The van der Waals surface area contributed by atoms with Gasteiger partial charge >= 0.3 is 16.2 Å². The Hall–Kier alpha value is -1.46. The number of aromatic nitrogens is 4. The molecule has 0 N–H and O–H groups in total. The summed E-state index contributed by atoms with van der Waals surface area (Å²) >= 11 is 6.28. The fourth-order valence-electron chi connectivity index (χ4n) is 25.8. The molecule has 19 nitrogen and oxygen atoms in total. The minimum Gasteiger partial charge on any atom is -0.313 e. The number of hydrogen-bond donors (Lipinski definition) is 0. The van der Waals surface area contributed by atoms with E-state index in [4.69, 9.17) is 38.4 Å². The quantitative estimate of drug-likeness (QED) is 0.0340. The number of ketones is 1. The molecule has 7 aliphatic heterocycles. The van der Waals surface area contributed by atoms with E-state index in [0.717, 1.165) is 120 Å². The number of anilines is 1. The number of carbonyl (C=O) groups is 2. The van der Waals surface area contributed by atoms with Crippen molar-refractivity contribution in [3.63, 3.8) is 0 Å². The van der Waals surface area contributed by atoms with E-state index in [2.05, 4.69) is 87.6 Å². The fraction of sp³-hybridized carbons (Fsp3) is 0.739. The predicted octanol–water partition coefficient (Wildman–Crippen LogP) is 20.7. The maximum Gasteiger partial charge on any atom is 0.385 e. The smallest absolute Gasteiger partial charge is 0.313 e. The molecule has 27 heteroatoms. The standard InChI is InChI=1S/C31H46N3O4P.C28H38N2O2.C27H36ClN3O.C6H15O3P.Cl2OS.2U/c1-5-37-39(36,38-6-2)29-30(35)34(28-13-8-7-12-27(28)32-29)25-19-23-10-9-11-24(20-25)33(23)17-16-21-14-15-22-18-26(21)31(22,3)4;1-28(2)20-11-10-18(24(28)15-20)12-13-29-21-7-5-8-22(29)17-23(16-21)30-25-9-4-3-6-19(25)14-26(31)27(30)32;1-27(2)18-11-10-17(22(27)14-18)12-13-30-19-6-5-7-20(30)16-21(15-19)31-24-9-4-3-8-23(24)29-25(28)26(31)32;1-4-7-10(8-5-2)9-6-3;1-4(2)3;;/h7-8,12-13,21-26H,5-6,9-11,14-20H2,1-4H3;3-4,6,9,18,20-24H,5,7-8,10-17H2,1-2H3;3-4,8-9,17-22H,5-7,10-16H2,1-2H3;4-6H2,1-3H3;;;/t21-,22-,23-,24+,25?,26-;18-,20-,21-,22+,23?,24-;17-,18-,19-,20+,21?,22-;;;;/m000..../s1. The molecule has 9 heterocycles. The normalized spacial score (nSPS) is 31.7. The van der Waals surface area contributed by atoms with E-state index in [-0.39, 0.29) is 133 Å². The van der Waals surface area contributed by atoms with E-state index in [9.17, 15) is 23.7 Å². The summed E-state index contributed by atoms with van der Waals surface area (Å²) in [6.45, 7) is 30.3. The number of hydrogen-bond acceptors (Lipinski definition) is 16. The molecule has 5 aromatic rings. The number of fused-ring (bicyclic) bond motifs is 15. The van der Waals surface area contributed by atoms with E-state index < -0.39 is 25.4 Å². The van der Waals surface area contributed by atoms with E-state index in [0.29, 0.717) is 77.8 Å². The average molecular weight is 2210 g/mol. The van der Waals surface area contributed by atoms with Crippen LogP contribution in [-0.2, 0) is 52.4 Å². The molecule has 16 aliphatic rings. The van der Waals surface area contributed by atoms with Crippen molar-refractivity contribution in [2.24, 2.45) is 69.5 Å². The van der Waals surface area contributed by atoms with Crippen molar-refractivity contribution in [1.29, 1.82) is 0 Å². The van der Waals surface area contributed by atoms with Gasteiger partial charge in [0.1, 0.15) is 0 Å². The number of para-hydroxylation sites is 5. The maximum absolute atomic E-state index is 14.1. The topological polar surface area (TPSA) is 197 Å². The van der Waals surface area contributed by atoms with Crippen molar-refractivity contribution >= 4 is 103 Å². The van der Waals surface area contributed by atoms with Gasteiger partial charge in [0, 0.05) is 150 Å². The van der Waals surface area contributed by atoms with Crippen LogP contribution in [-0.4, -0.2) is 145 Å². The van der Waals surface area contributed by atoms with Gasteiger partial charge in [-0.05, 0) is 314 Å². The number of piperidine rings is 6. The summed E-state index contributed by atoms with van der Waals surface area (Å²) in [7, 11) is 2.48. The Morgan fingerprint density at radius 3 is 1.18 bits per heavy atom. The third-order valence-corrected chi connectivity index (χ3v) is 35.5. The molecule has 6 saturated heterocycles. The van der Waals surface area contributed by atoms with Crippen molar-refractivity contribution in [2.75, 3.05) is 57.6 Å². The van der Waals surface area contributed by atoms with Crippen molar-refractivity contribution in [3.8, 4) is 0 Å². The van der Waals surface area contributed by atoms with E-state index >= 15 is 0 Å². The summed E-state index contributed by atoms with van der Waals surface area (Å²) in [6.07, 6.45) is 34.6. The van der Waals surface area contributed by atoms with Crippen LogP contribution in [0.15, 0.2) is 82.4 Å². The van der Waals surface area contributed by atoms with E-state index in [1.807, 2.05) is 108 Å². The number of amides is 1. The molecular formula is C92H135Cl3N8O11P2SU2. The molecular weight excluding hydrogens is 2070 g/mol. The molecule has 3 aromatic carbocycles. The summed E-state index contributed by atoms with van der Waals surface area (Å²) < 4.78 is 53.3. The summed E-state index contributed by atoms with van der Waals surface area (Å²) in [5.41, 5.74) is 6.40. The van der Waals surface area contributed by atoms with E-state index in [1.165, 1.54) is 154 Å². The predicted molar refractivity (Wildman–Crippen MR) is 474 cm³/mol. The van der Waals surface area contributed by atoms with Crippen molar-refractivity contribution in [3.05, 3.63) is 104 Å². The third kappa shape index (κ3) is 20.9. The molecule has 119 heavy (non-hydrogen) atoms. The minimum atomic E-state index is -3.82. The van der Waals surface area contributed by atoms with Crippen LogP contribution in [0.2, 0.25) is 5.15 Å².